The number of halogens is 1. The Balaban J connectivity index is 1.73. The molecule has 0 spiro atoms. The molecular formula is C16H18ClNO2. The van der Waals surface area contributed by atoms with Crippen molar-refractivity contribution in [3.05, 3.63) is 36.1 Å². The highest BCUT2D eigenvalue weighted by Crippen LogP contribution is 2.38. The number of carbonyl (C=O) groups is 1. The van der Waals surface area contributed by atoms with E-state index in [0.29, 0.717) is 18.0 Å². The Morgan fingerprint density at radius 1 is 1.30 bits per heavy atom. The van der Waals surface area contributed by atoms with Gasteiger partial charge in [-0.05, 0) is 18.9 Å². The standard InChI is InChI=1S/C16H18ClNO2/c17-10-16(7-3-4-8-16)11-18-15(19)13-9-20-14-6-2-1-5-12(13)14/h1-2,5-6,9H,3-4,7-8,10-11H2,(H,18,19). The number of hydrogen-bond acceptors (Lipinski definition) is 2. The summed E-state index contributed by atoms with van der Waals surface area (Å²) in [6.45, 7) is 0.648. The van der Waals surface area contributed by atoms with Crippen LogP contribution in [0, 0.1) is 5.41 Å². The van der Waals surface area contributed by atoms with Gasteiger partial charge in [-0.1, -0.05) is 31.0 Å². The maximum absolute atomic E-state index is 12.3. The van der Waals surface area contributed by atoms with Crippen LogP contribution >= 0.6 is 11.6 Å². The summed E-state index contributed by atoms with van der Waals surface area (Å²) in [6.07, 6.45) is 6.14. The van der Waals surface area contributed by atoms with Crippen molar-refractivity contribution in [3.63, 3.8) is 0 Å². The van der Waals surface area contributed by atoms with Crippen molar-refractivity contribution in [1.82, 2.24) is 5.32 Å². The predicted molar refractivity (Wildman–Crippen MR) is 80.2 cm³/mol. The van der Waals surface area contributed by atoms with Gasteiger partial charge in [-0.25, -0.2) is 0 Å². The van der Waals surface area contributed by atoms with E-state index in [9.17, 15) is 4.79 Å². The molecule has 2 aromatic rings. The SMILES string of the molecule is O=C(NCC1(CCl)CCCC1)c1coc2ccccc12. The quantitative estimate of drug-likeness (QED) is 0.866. The fraction of sp³-hybridized carbons (Fsp3) is 0.438. The van der Waals surface area contributed by atoms with E-state index >= 15 is 0 Å². The Labute approximate surface area is 123 Å². The van der Waals surface area contributed by atoms with Gasteiger partial charge in [0, 0.05) is 23.2 Å². The first-order valence-electron chi connectivity index (χ1n) is 7.05. The molecule has 4 heteroatoms. The van der Waals surface area contributed by atoms with E-state index in [1.807, 2.05) is 24.3 Å². The Bertz CT molecular complexity index is 614. The molecule has 0 radical (unpaired) electrons. The zero-order valence-corrected chi connectivity index (χ0v) is 12.1. The molecule has 1 aromatic carbocycles. The van der Waals surface area contributed by atoms with Crippen LogP contribution in [0.1, 0.15) is 36.0 Å². The number of alkyl halides is 1. The average Bonchev–Trinajstić information content (AvgIpc) is 3.12. The summed E-state index contributed by atoms with van der Waals surface area (Å²) in [5.74, 6) is 0.533. The first kappa shape index (κ1) is 13.5. The molecule has 0 unspecified atom stereocenters. The molecule has 0 saturated heterocycles. The molecule has 1 aliphatic rings. The van der Waals surface area contributed by atoms with Crippen LogP contribution in [0.3, 0.4) is 0 Å². The number of carbonyl (C=O) groups excluding carboxylic acids is 1. The van der Waals surface area contributed by atoms with Crippen molar-refractivity contribution >= 4 is 28.5 Å². The number of furan rings is 1. The fourth-order valence-corrected chi connectivity index (χ4v) is 3.36. The van der Waals surface area contributed by atoms with Crippen LogP contribution in [0.25, 0.3) is 11.0 Å². The normalized spacial score (nSPS) is 17.4. The van der Waals surface area contributed by atoms with E-state index in [1.54, 1.807) is 0 Å². The zero-order valence-electron chi connectivity index (χ0n) is 11.3. The lowest BCUT2D eigenvalue weighted by Gasteiger charge is -2.26. The first-order valence-corrected chi connectivity index (χ1v) is 7.58. The minimum Gasteiger partial charge on any atom is -0.463 e. The van der Waals surface area contributed by atoms with E-state index < -0.39 is 0 Å². The molecule has 106 valence electrons. The Kier molecular flexibility index (Phi) is 3.70. The molecule has 1 heterocycles. The van der Waals surface area contributed by atoms with Crippen molar-refractivity contribution in [3.8, 4) is 0 Å². The van der Waals surface area contributed by atoms with Gasteiger partial charge in [0.25, 0.3) is 5.91 Å². The summed E-state index contributed by atoms with van der Waals surface area (Å²) in [5, 5.41) is 3.89. The van der Waals surface area contributed by atoms with Crippen LogP contribution in [-0.4, -0.2) is 18.3 Å². The van der Waals surface area contributed by atoms with Crippen LogP contribution < -0.4 is 5.32 Å². The second-order valence-electron chi connectivity index (χ2n) is 5.67. The highest BCUT2D eigenvalue weighted by atomic mass is 35.5. The van der Waals surface area contributed by atoms with Gasteiger partial charge in [-0.2, -0.15) is 0 Å². The summed E-state index contributed by atoms with van der Waals surface area (Å²) in [5.41, 5.74) is 1.42. The minimum absolute atomic E-state index is 0.0775. The first-order chi connectivity index (χ1) is 9.74. The second-order valence-corrected chi connectivity index (χ2v) is 5.94. The zero-order chi connectivity index (χ0) is 14.0. The number of amides is 1. The lowest BCUT2D eigenvalue weighted by atomic mass is 9.88. The third kappa shape index (κ3) is 2.42. The lowest BCUT2D eigenvalue weighted by Crippen LogP contribution is -2.37. The number of benzene rings is 1. The summed E-state index contributed by atoms with van der Waals surface area (Å²) in [6, 6.07) is 7.57. The van der Waals surface area contributed by atoms with Crippen molar-refractivity contribution in [1.29, 1.82) is 0 Å². The molecule has 1 amide bonds. The molecule has 3 nitrogen and oxygen atoms in total. The Hall–Kier alpha value is -1.48. The van der Waals surface area contributed by atoms with Crippen LogP contribution in [0.2, 0.25) is 0 Å². The van der Waals surface area contributed by atoms with Crippen LogP contribution in [0.4, 0.5) is 0 Å². The van der Waals surface area contributed by atoms with E-state index in [4.69, 9.17) is 16.0 Å². The number of nitrogens with one attached hydrogen (secondary N) is 1. The predicted octanol–water partition coefficient (Wildman–Crippen LogP) is 3.96. The van der Waals surface area contributed by atoms with Gasteiger partial charge >= 0.3 is 0 Å². The van der Waals surface area contributed by atoms with Crippen molar-refractivity contribution in [2.45, 2.75) is 25.7 Å². The largest absolute Gasteiger partial charge is 0.463 e. The fourth-order valence-electron chi connectivity index (χ4n) is 3.00. The van der Waals surface area contributed by atoms with Crippen molar-refractivity contribution in [2.75, 3.05) is 12.4 Å². The van der Waals surface area contributed by atoms with Crippen LogP contribution in [0.15, 0.2) is 34.9 Å². The minimum atomic E-state index is -0.0775. The Morgan fingerprint density at radius 2 is 2.05 bits per heavy atom. The number of rotatable bonds is 4. The summed E-state index contributed by atoms with van der Waals surface area (Å²) >= 11 is 6.10. The monoisotopic (exact) mass is 291 g/mol. The second kappa shape index (κ2) is 5.49. The number of fused-ring (bicyclic) bond motifs is 1. The van der Waals surface area contributed by atoms with Crippen LogP contribution in [-0.2, 0) is 0 Å². The molecule has 3 rings (SSSR count). The van der Waals surface area contributed by atoms with Gasteiger partial charge in [0.15, 0.2) is 0 Å². The topological polar surface area (TPSA) is 42.2 Å². The van der Waals surface area contributed by atoms with Gasteiger partial charge in [0.2, 0.25) is 0 Å². The molecule has 1 aromatic heterocycles. The smallest absolute Gasteiger partial charge is 0.255 e. The van der Waals surface area contributed by atoms with Gasteiger partial charge in [-0.3, -0.25) is 4.79 Å². The Morgan fingerprint density at radius 3 is 2.80 bits per heavy atom. The van der Waals surface area contributed by atoms with Crippen molar-refractivity contribution < 1.29 is 9.21 Å². The van der Waals surface area contributed by atoms with Gasteiger partial charge < -0.3 is 9.73 Å². The highest BCUT2D eigenvalue weighted by molar-refractivity contribution is 6.18. The summed E-state index contributed by atoms with van der Waals surface area (Å²) < 4.78 is 5.41. The lowest BCUT2D eigenvalue weighted by molar-refractivity contribution is 0.0936. The summed E-state index contributed by atoms with van der Waals surface area (Å²) in [7, 11) is 0. The van der Waals surface area contributed by atoms with Crippen LogP contribution in [0.5, 0.6) is 0 Å². The molecule has 0 aliphatic heterocycles. The van der Waals surface area contributed by atoms with E-state index in [2.05, 4.69) is 5.32 Å². The van der Waals surface area contributed by atoms with E-state index in [0.717, 1.165) is 23.8 Å². The maximum Gasteiger partial charge on any atom is 0.255 e. The third-order valence-electron chi connectivity index (χ3n) is 4.30. The van der Waals surface area contributed by atoms with E-state index in [-0.39, 0.29) is 11.3 Å². The highest BCUT2D eigenvalue weighted by Gasteiger charge is 2.33. The summed E-state index contributed by atoms with van der Waals surface area (Å²) in [4.78, 5) is 12.3. The maximum atomic E-state index is 12.3. The molecule has 1 aliphatic carbocycles. The number of para-hydroxylation sites is 1. The molecule has 20 heavy (non-hydrogen) atoms. The molecule has 1 saturated carbocycles. The molecule has 0 atom stereocenters. The van der Waals surface area contributed by atoms with Gasteiger partial charge in [-0.15, -0.1) is 11.6 Å². The van der Waals surface area contributed by atoms with E-state index in [1.165, 1.54) is 19.1 Å². The van der Waals surface area contributed by atoms with Gasteiger partial charge in [0.1, 0.15) is 11.8 Å². The molecule has 1 fully saturated rings. The molecular weight excluding hydrogens is 274 g/mol. The molecule has 1 N–H and O–H groups in total. The molecule has 0 bridgehead atoms. The van der Waals surface area contributed by atoms with Gasteiger partial charge in [0.05, 0.1) is 5.56 Å². The number of hydrogen-bond donors (Lipinski definition) is 1. The third-order valence-corrected chi connectivity index (χ3v) is 4.86. The average molecular weight is 292 g/mol. The van der Waals surface area contributed by atoms with Crippen molar-refractivity contribution in [2.24, 2.45) is 5.41 Å².